The fourth-order valence-electron chi connectivity index (χ4n) is 1.42. The molecule has 18 heavy (non-hydrogen) atoms. The number of rotatable bonds is 2. The van der Waals surface area contributed by atoms with E-state index in [1.165, 1.54) is 12.1 Å². The van der Waals surface area contributed by atoms with Crippen LogP contribution in [0.3, 0.4) is 0 Å². The molecule has 5 heteroatoms. The molecule has 2 aromatic rings. The Kier molecular flexibility index (Phi) is 3.39. The number of nitrogen functional groups attached to an aromatic ring is 1. The highest BCUT2D eigenvalue weighted by molar-refractivity contribution is 6.30. The average molecular weight is 263 g/mol. The molecule has 0 unspecified atom stereocenters. The van der Waals surface area contributed by atoms with Crippen molar-refractivity contribution >= 4 is 28.9 Å². The first kappa shape index (κ1) is 12.3. The zero-order valence-corrected chi connectivity index (χ0v) is 10.1. The number of hydrogen-bond donors (Lipinski definition) is 3. The summed E-state index contributed by atoms with van der Waals surface area (Å²) in [6, 6.07) is 11.1. The van der Waals surface area contributed by atoms with Gasteiger partial charge < -0.3 is 16.2 Å². The third kappa shape index (κ3) is 2.73. The molecule has 2 aromatic carbocycles. The molecule has 0 heterocycles. The van der Waals surface area contributed by atoms with E-state index in [9.17, 15) is 9.90 Å². The first-order chi connectivity index (χ1) is 8.56. The third-order valence-electron chi connectivity index (χ3n) is 2.39. The van der Waals surface area contributed by atoms with Crippen molar-refractivity contribution < 1.29 is 9.90 Å². The van der Waals surface area contributed by atoms with Crippen LogP contribution in [0.4, 0.5) is 11.4 Å². The number of nitrogens with two attached hydrogens (primary N) is 1. The molecule has 2 rings (SSSR count). The van der Waals surface area contributed by atoms with Gasteiger partial charge in [-0.25, -0.2) is 0 Å². The van der Waals surface area contributed by atoms with Gasteiger partial charge in [0.25, 0.3) is 5.91 Å². The standard InChI is InChI=1S/C13H11ClN2O2/c14-9-2-4-10(5-3-9)16-13(18)8-1-6-11(15)12(17)7-8/h1-7,17H,15H2,(H,16,18). The van der Waals surface area contributed by atoms with E-state index in [1.807, 2.05) is 0 Å². The summed E-state index contributed by atoms with van der Waals surface area (Å²) in [7, 11) is 0. The molecule has 4 nitrogen and oxygen atoms in total. The number of nitrogens with one attached hydrogen (secondary N) is 1. The molecule has 92 valence electrons. The van der Waals surface area contributed by atoms with E-state index in [0.717, 1.165) is 0 Å². The fraction of sp³-hybridized carbons (Fsp3) is 0. The number of amides is 1. The SMILES string of the molecule is Nc1ccc(C(=O)Nc2ccc(Cl)cc2)cc1O. The molecule has 0 aliphatic rings. The van der Waals surface area contributed by atoms with Gasteiger partial charge in [0, 0.05) is 16.3 Å². The van der Waals surface area contributed by atoms with Crippen LogP contribution >= 0.6 is 11.6 Å². The highest BCUT2D eigenvalue weighted by atomic mass is 35.5. The van der Waals surface area contributed by atoms with Gasteiger partial charge in [-0.05, 0) is 42.5 Å². The van der Waals surface area contributed by atoms with Crippen LogP contribution in [0.2, 0.25) is 5.02 Å². The molecule has 0 radical (unpaired) electrons. The van der Waals surface area contributed by atoms with E-state index in [0.29, 0.717) is 16.3 Å². The fourth-order valence-corrected chi connectivity index (χ4v) is 1.55. The van der Waals surface area contributed by atoms with Crippen molar-refractivity contribution in [2.75, 3.05) is 11.1 Å². The van der Waals surface area contributed by atoms with E-state index in [1.54, 1.807) is 30.3 Å². The van der Waals surface area contributed by atoms with Crippen LogP contribution in [0, 0.1) is 0 Å². The van der Waals surface area contributed by atoms with Crippen molar-refractivity contribution in [2.24, 2.45) is 0 Å². The second-order valence-electron chi connectivity index (χ2n) is 3.73. The minimum absolute atomic E-state index is 0.112. The Hall–Kier alpha value is -2.20. The van der Waals surface area contributed by atoms with Crippen molar-refractivity contribution in [3.63, 3.8) is 0 Å². The topological polar surface area (TPSA) is 75.4 Å². The van der Waals surface area contributed by atoms with Gasteiger partial charge in [-0.1, -0.05) is 11.6 Å². The predicted molar refractivity (Wildman–Crippen MR) is 71.9 cm³/mol. The number of carbonyl (C=O) groups excluding carboxylic acids is 1. The minimum Gasteiger partial charge on any atom is -0.506 e. The van der Waals surface area contributed by atoms with Crippen LogP contribution < -0.4 is 11.1 Å². The first-order valence-electron chi connectivity index (χ1n) is 5.21. The average Bonchev–Trinajstić information content (AvgIpc) is 2.35. The van der Waals surface area contributed by atoms with Crippen molar-refractivity contribution in [3.05, 3.63) is 53.1 Å². The summed E-state index contributed by atoms with van der Waals surface area (Å²) in [5.41, 5.74) is 6.65. The molecule has 0 spiro atoms. The van der Waals surface area contributed by atoms with Crippen LogP contribution in [0.15, 0.2) is 42.5 Å². The molecule has 4 N–H and O–H groups in total. The Morgan fingerprint density at radius 3 is 2.44 bits per heavy atom. The normalized spacial score (nSPS) is 10.1. The van der Waals surface area contributed by atoms with E-state index in [2.05, 4.69) is 5.32 Å². The van der Waals surface area contributed by atoms with Crippen LogP contribution in [0.5, 0.6) is 5.75 Å². The zero-order valence-electron chi connectivity index (χ0n) is 9.35. The van der Waals surface area contributed by atoms with Gasteiger partial charge in [0.15, 0.2) is 0 Å². The van der Waals surface area contributed by atoms with E-state index in [-0.39, 0.29) is 17.3 Å². The molecule has 0 aliphatic heterocycles. The largest absolute Gasteiger partial charge is 0.506 e. The quantitative estimate of drug-likeness (QED) is 0.575. The van der Waals surface area contributed by atoms with Gasteiger partial charge in [-0.15, -0.1) is 0 Å². The van der Waals surface area contributed by atoms with E-state index >= 15 is 0 Å². The molecular formula is C13H11ClN2O2. The Morgan fingerprint density at radius 2 is 1.83 bits per heavy atom. The second kappa shape index (κ2) is 4.98. The lowest BCUT2D eigenvalue weighted by molar-refractivity contribution is 0.102. The van der Waals surface area contributed by atoms with Crippen molar-refractivity contribution in [1.82, 2.24) is 0 Å². The Morgan fingerprint density at radius 1 is 1.17 bits per heavy atom. The summed E-state index contributed by atoms with van der Waals surface area (Å²) in [5.74, 6) is -0.439. The zero-order chi connectivity index (χ0) is 13.1. The Labute approximate surface area is 109 Å². The lowest BCUT2D eigenvalue weighted by atomic mass is 10.1. The number of phenols is 1. The predicted octanol–water partition coefficient (Wildman–Crippen LogP) is 2.88. The number of hydrogen-bond acceptors (Lipinski definition) is 3. The maximum Gasteiger partial charge on any atom is 0.255 e. The molecule has 0 aliphatic carbocycles. The van der Waals surface area contributed by atoms with Gasteiger partial charge in [-0.2, -0.15) is 0 Å². The number of halogens is 1. The molecular weight excluding hydrogens is 252 g/mol. The van der Waals surface area contributed by atoms with Crippen LogP contribution in [0.1, 0.15) is 10.4 Å². The van der Waals surface area contributed by atoms with Crippen molar-refractivity contribution in [1.29, 1.82) is 0 Å². The summed E-state index contributed by atoms with van der Waals surface area (Å²) in [6.07, 6.45) is 0. The number of phenolic OH excluding ortho intramolecular Hbond substituents is 1. The van der Waals surface area contributed by atoms with Gasteiger partial charge in [-0.3, -0.25) is 4.79 Å². The number of anilines is 2. The van der Waals surface area contributed by atoms with Crippen LogP contribution in [-0.2, 0) is 0 Å². The lowest BCUT2D eigenvalue weighted by Gasteiger charge is -2.06. The molecule has 0 fully saturated rings. The second-order valence-corrected chi connectivity index (χ2v) is 4.17. The van der Waals surface area contributed by atoms with Gasteiger partial charge in [0.2, 0.25) is 0 Å². The highest BCUT2D eigenvalue weighted by Gasteiger charge is 2.08. The van der Waals surface area contributed by atoms with Crippen LogP contribution in [0.25, 0.3) is 0 Å². The van der Waals surface area contributed by atoms with Gasteiger partial charge >= 0.3 is 0 Å². The third-order valence-corrected chi connectivity index (χ3v) is 2.65. The maximum atomic E-state index is 11.9. The van der Waals surface area contributed by atoms with Crippen molar-refractivity contribution in [2.45, 2.75) is 0 Å². The molecule has 0 bridgehead atoms. The summed E-state index contributed by atoms with van der Waals surface area (Å²) < 4.78 is 0. The summed E-state index contributed by atoms with van der Waals surface area (Å²) in [4.78, 5) is 11.9. The highest BCUT2D eigenvalue weighted by Crippen LogP contribution is 2.21. The van der Waals surface area contributed by atoms with Crippen LogP contribution in [-0.4, -0.2) is 11.0 Å². The van der Waals surface area contributed by atoms with Gasteiger partial charge in [0.1, 0.15) is 5.75 Å². The summed E-state index contributed by atoms with van der Waals surface area (Å²) >= 11 is 5.74. The number of aromatic hydroxyl groups is 1. The van der Waals surface area contributed by atoms with Gasteiger partial charge in [0.05, 0.1) is 5.69 Å². The van der Waals surface area contributed by atoms with E-state index < -0.39 is 0 Å². The number of carbonyl (C=O) groups is 1. The lowest BCUT2D eigenvalue weighted by Crippen LogP contribution is -2.11. The van der Waals surface area contributed by atoms with Crippen molar-refractivity contribution in [3.8, 4) is 5.75 Å². The maximum absolute atomic E-state index is 11.9. The smallest absolute Gasteiger partial charge is 0.255 e. The summed E-state index contributed by atoms with van der Waals surface area (Å²) in [6.45, 7) is 0. The van der Waals surface area contributed by atoms with E-state index in [4.69, 9.17) is 17.3 Å². The molecule has 0 saturated heterocycles. The number of benzene rings is 2. The first-order valence-corrected chi connectivity index (χ1v) is 5.59. The monoisotopic (exact) mass is 262 g/mol. The minimum atomic E-state index is -0.326. The summed E-state index contributed by atoms with van der Waals surface area (Å²) in [5, 5.41) is 12.7. The molecule has 0 atom stereocenters. The Balaban J connectivity index is 2.16. The molecule has 0 saturated carbocycles. The Bertz CT molecular complexity index is 582. The molecule has 0 aromatic heterocycles. The molecule has 1 amide bonds.